The van der Waals surface area contributed by atoms with E-state index < -0.39 is 0 Å². The van der Waals surface area contributed by atoms with Crippen molar-refractivity contribution >= 4 is 22.8 Å². The van der Waals surface area contributed by atoms with E-state index in [1.165, 1.54) is 6.33 Å². The van der Waals surface area contributed by atoms with Crippen molar-refractivity contribution in [1.29, 1.82) is 0 Å². The molecule has 4 rings (SSSR count). The Kier molecular flexibility index (Phi) is 2.74. The van der Waals surface area contributed by atoms with Gasteiger partial charge in [0.25, 0.3) is 5.91 Å². The lowest BCUT2D eigenvalue weighted by molar-refractivity contribution is 0.0785. The number of carbonyl (C=O) groups is 1. The number of hydrogen-bond acceptors (Lipinski definition) is 5. The van der Waals surface area contributed by atoms with Gasteiger partial charge in [-0.05, 0) is 39.5 Å². The van der Waals surface area contributed by atoms with Gasteiger partial charge in [0.05, 0.1) is 10.9 Å². The summed E-state index contributed by atoms with van der Waals surface area (Å²) in [4.78, 5) is 23.2. The van der Waals surface area contributed by atoms with Crippen molar-refractivity contribution in [1.82, 2.24) is 14.9 Å². The van der Waals surface area contributed by atoms with E-state index in [9.17, 15) is 4.79 Å². The van der Waals surface area contributed by atoms with E-state index in [-0.39, 0.29) is 11.4 Å². The van der Waals surface area contributed by atoms with Crippen molar-refractivity contribution in [2.75, 3.05) is 12.4 Å². The zero-order chi connectivity index (χ0) is 15.5. The van der Waals surface area contributed by atoms with Gasteiger partial charge >= 0.3 is 0 Å². The van der Waals surface area contributed by atoms with E-state index in [4.69, 9.17) is 4.42 Å². The highest BCUT2D eigenvalue weighted by molar-refractivity contribution is 6.10. The highest BCUT2D eigenvalue weighted by Gasteiger charge is 2.39. The van der Waals surface area contributed by atoms with Crippen LogP contribution in [0.5, 0.6) is 0 Å². The van der Waals surface area contributed by atoms with Crippen LogP contribution in [0, 0.1) is 6.92 Å². The number of anilines is 1. The van der Waals surface area contributed by atoms with Gasteiger partial charge in [-0.2, -0.15) is 0 Å². The highest BCUT2D eigenvalue weighted by Crippen LogP contribution is 2.40. The van der Waals surface area contributed by atoms with E-state index in [1.807, 2.05) is 18.9 Å². The summed E-state index contributed by atoms with van der Waals surface area (Å²) in [6, 6.07) is 0.360. The first kappa shape index (κ1) is 13.5. The Balaban J connectivity index is 1.82. The van der Waals surface area contributed by atoms with Crippen molar-refractivity contribution in [3.05, 3.63) is 17.7 Å². The minimum atomic E-state index is -0.00227. The molecule has 0 radical (unpaired) electrons. The quantitative estimate of drug-likeness (QED) is 0.940. The second-order valence-corrected chi connectivity index (χ2v) is 6.77. The largest absolute Gasteiger partial charge is 0.442 e. The molecule has 2 aromatic rings. The third-order valence-corrected chi connectivity index (χ3v) is 4.71. The lowest BCUT2D eigenvalue weighted by Crippen LogP contribution is -2.29. The number of amides is 1. The highest BCUT2D eigenvalue weighted by atomic mass is 16.3. The Morgan fingerprint density at radius 1 is 1.41 bits per heavy atom. The smallest absolute Gasteiger partial charge is 0.258 e. The molecule has 0 saturated heterocycles. The number of fused-ring (bicyclic) bond motifs is 1. The Labute approximate surface area is 128 Å². The summed E-state index contributed by atoms with van der Waals surface area (Å²) in [5.41, 5.74) is 1.15. The Morgan fingerprint density at radius 3 is 2.77 bits per heavy atom. The second-order valence-electron chi connectivity index (χ2n) is 6.77. The maximum absolute atomic E-state index is 12.8. The molecule has 6 heteroatoms. The van der Waals surface area contributed by atoms with Gasteiger partial charge in [0, 0.05) is 18.6 Å². The minimum absolute atomic E-state index is 0.00227. The van der Waals surface area contributed by atoms with E-state index >= 15 is 0 Å². The van der Waals surface area contributed by atoms with Gasteiger partial charge in [-0.25, -0.2) is 9.97 Å². The molecule has 2 aliphatic rings. The van der Waals surface area contributed by atoms with Crippen molar-refractivity contribution < 1.29 is 9.21 Å². The fourth-order valence-corrected chi connectivity index (χ4v) is 2.80. The molecule has 1 amide bonds. The van der Waals surface area contributed by atoms with Gasteiger partial charge in [-0.3, -0.25) is 4.79 Å². The first-order valence-corrected chi connectivity index (χ1v) is 7.78. The SMILES string of the molecule is Cc1oc2ncnc(NC3(C)CC3)c2c1C(=O)N(C)C1CC1. The predicted molar refractivity (Wildman–Crippen MR) is 82.9 cm³/mol. The summed E-state index contributed by atoms with van der Waals surface area (Å²) in [6.07, 6.45) is 5.87. The zero-order valence-electron chi connectivity index (χ0n) is 13.1. The lowest BCUT2D eigenvalue weighted by atomic mass is 10.1. The molecule has 2 aliphatic carbocycles. The summed E-state index contributed by atoms with van der Waals surface area (Å²) >= 11 is 0. The van der Waals surface area contributed by atoms with Gasteiger partial charge in [0.1, 0.15) is 17.9 Å². The molecule has 0 aromatic carbocycles. The molecule has 0 spiro atoms. The molecule has 0 atom stereocenters. The maximum Gasteiger partial charge on any atom is 0.258 e. The molecule has 0 aliphatic heterocycles. The lowest BCUT2D eigenvalue weighted by Gasteiger charge is -2.17. The van der Waals surface area contributed by atoms with Crippen molar-refractivity contribution in [3.8, 4) is 0 Å². The van der Waals surface area contributed by atoms with Crippen LogP contribution in [0.15, 0.2) is 10.7 Å². The van der Waals surface area contributed by atoms with E-state index in [2.05, 4.69) is 22.2 Å². The molecule has 0 bridgehead atoms. The Hall–Kier alpha value is -2.11. The average Bonchev–Trinajstić information content (AvgIpc) is 3.38. The van der Waals surface area contributed by atoms with Gasteiger partial charge < -0.3 is 14.6 Å². The van der Waals surface area contributed by atoms with Gasteiger partial charge in [0.2, 0.25) is 5.71 Å². The van der Waals surface area contributed by atoms with Crippen LogP contribution in [0.3, 0.4) is 0 Å². The van der Waals surface area contributed by atoms with Gasteiger partial charge in [-0.1, -0.05) is 0 Å². The predicted octanol–water partition coefficient (Wildman–Crippen LogP) is 2.73. The van der Waals surface area contributed by atoms with Crippen LogP contribution in [0.25, 0.3) is 11.1 Å². The number of carbonyl (C=O) groups excluding carboxylic acids is 1. The number of rotatable bonds is 4. The van der Waals surface area contributed by atoms with Crippen LogP contribution < -0.4 is 5.32 Å². The standard InChI is InChI=1S/C16H20N4O2/c1-9-11(15(21)20(3)10-4-5-10)12-13(19-16(2)6-7-16)17-8-18-14(12)22-9/h8,10H,4-7H2,1-3H3,(H,17,18,19). The number of nitrogens with one attached hydrogen (secondary N) is 1. The minimum Gasteiger partial charge on any atom is -0.442 e. The van der Waals surface area contributed by atoms with Crippen molar-refractivity contribution in [3.63, 3.8) is 0 Å². The molecule has 116 valence electrons. The Morgan fingerprint density at radius 2 is 2.14 bits per heavy atom. The number of nitrogens with zero attached hydrogens (tertiary/aromatic N) is 3. The summed E-state index contributed by atoms with van der Waals surface area (Å²) in [5.74, 6) is 1.31. The fourth-order valence-electron chi connectivity index (χ4n) is 2.80. The first-order chi connectivity index (χ1) is 10.5. The molecular weight excluding hydrogens is 280 g/mol. The zero-order valence-corrected chi connectivity index (χ0v) is 13.1. The molecule has 2 fully saturated rings. The molecule has 2 aromatic heterocycles. The van der Waals surface area contributed by atoms with Crippen LogP contribution in [0.2, 0.25) is 0 Å². The third-order valence-electron chi connectivity index (χ3n) is 4.71. The topological polar surface area (TPSA) is 71.3 Å². The molecule has 6 nitrogen and oxygen atoms in total. The van der Waals surface area contributed by atoms with E-state index in [0.717, 1.165) is 25.7 Å². The first-order valence-electron chi connectivity index (χ1n) is 7.78. The Bertz CT molecular complexity index is 759. The molecule has 2 saturated carbocycles. The maximum atomic E-state index is 12.8. The number of aryl methyl sites for hydroxylation is 1. The van der Waals surface area contributed by atoms with E-state index in [0.29, 0.717) is 34.3 Å². The molecule has 2 heterocycles. The summed E-state index contributed by atoms with van der Waals surface area (Å²) < 4.78 is 5.71. The normalized spacial score (nSPS) is 19.2. The number of hydrogen-bond donors (Lipinski definition) is 1. The molecule has 22 heavy (non-hydrogen) atoms. The van der Waals surface area contributed by atoms with Gasteiger partial charge in [0.15, 0.2) is 0 Å². The molecular formula is C16H20N4O2. The van der Waals surface area contributed by atoms with Crippen LogP contribution in [-0.2, 0) is 0 Å². The van der Waals surface area contributed by atoms with E-state index in [1.54, 1.807) is 0 Å². The van der Waals surface area contributed by atoms with Crippen LogP contribution in [0.1, 0.15) is 48.7 Å². The fraction of sp³-hybridized carbons (Fsp3) is 0.562. The number of aromatic nitrogens is 2. The van der Waals surface area contributed by atoms with Gasteiger partial charge in [-0.15, -0.1) is 0 Å². The second kappa shape index (κ2) is 4.44. The molecule has 1 N–H and O–H groups in total. The summed E-state index contributed by atoms with van der Waals surface area (Å²) in [7, 11) is 1.86. The monoisotopic (exact) mass is 300 g/mol. The summed E-state index contributed by atoms with van der Waals surface area (Å²) in [6.45, 7) is 3.98. The van der Waals surface area contributed by atoms with Crippen molar-refractivity contribution in [2.45, 2.75) is 51.1 Å². The van der Waals surface area contributed by atoms with Crippen molar-refractivity contribution in [2.24, 2.45) is 0 Å². The van der Waals surface area contributed by atoms with Crippen LogP contribution in [-0.4, -0.2) is 39.4 Å². The average molecular weight is 300 g/mol. The van der Waals surface area contributed by atoms with Crippen LogP contribution in [0.4, 0.5) is 5.82 Å². The van der Waals surface area contributed by atoms with Crippen LogP contribution >= 0.6 is 0 Å². The number of furan rings is 1. The third kappa shape index (κ3) is 2.14. The summed E-state index contributed by atoms with van der Waals surface area (Å²) in [5, 5.41) is 4.16. The molecule has 0 unspecified atom stereocenters.